The fourth-order valence-corrected chi connectivity index (χ4v) is 1.58. The topological polar surface area (TPSA) is 45.0 Å². The molecule has 2 rings (SSSR count). The smallest absolute Gasteiger partial charge is 0.160 e. The summed E-state index contributed by atoms with van der Waals surface area (Å²) >= 11 is 0. The molecule has 0 fully saturated rings. The molecule has 0 atom stereocenters. The molecule has 2 aromatic carbocycles. The number of nitrogens with one attached hydrogen (secondary N) is 1. The van der Waals surface area contributed by atoms with Crippen molar-refractivity contribution in [2.24, 2.45) is 0 Å². The van der Waals surface area contributed by atoms with Crippen LogP contribution in [0.1, 0.15) is 5.56 Å². The summed E-state index contributed by atoms with van der Waals surface area (Å²) in [7, 11) is 1.50. The van der Waals surface area contributed by atoms with Gasteiger partial charge in [-0.2, -0.15) is 5.26 Å². The van der Waals surface area contributed by atoms with E-state index in [1.54, 1.807) is 18.2 Å². The second kappa shape index (κ2) is 5.36. The van der Waals surface area contributed by atoms with Gasteiger partial charge in [0.25, 0.3) is 0 Å². The van der Waals surface area contributed by atoms with E-state index in [9.17, 15) is 8.78 Å². The number of hydrogen-bond acceptors (Lipinski definition) is 3. The molecule has 0 aromatic heterocycles. The van der Waals surface area contributed by atoms with Gasteiger partial charge in [-0.25, -0.2) is 8.78 Å². The average molecular weight is 260 g/mol. The molecule has 0 aliphatic rings. The summed E-state index contributed by atoms with van der Waals surface area (Å²) in [5.41, 5.74) is 1.20. The molecule has 96 valence electrons. The second-order valence-corrected chi connectivity index (χ2v) is 3.78. The van der Waals surface area contributed by atoms with Gasteiger partial charge in [0.2, 0.25) is 0 Å². The molecule has 0 saturated heterocycles. The average Bonchev–Trinajstić information content (AvgIpc) is 2.43. The monoisotopic (exact) mass is 260 g/mol. The van der Waals surface area contributed by atoms with E-state index in [1.807, 2.05) is 6.07 Å². The third-order valence-electron chi connectivity index (χ3n) is 2.55. The van der Waals surface area contributed by atoms with Crippen molar-refractivity contribution in [3.63, 3.8) is 0 Å². The molecule has 0 aliphatic heterocycles. The lowest BCUT2D eigenvalue weighted by Gasteiger charge is -2.10. The number of hydrogen-bond donors (Lipinski definition) is 1. The van der Waals surface area contributed by atoms with E-state index in [0.29, 0.717) is 22.7 Å². The molecular weight excluding hydrogens is 250 g/mol. The molecule has 0 saturated carbocycles. The Morgan fingerprint density at radius 2 is 1.89 bits per heavy atom. The van der Waals surface area contributed by atoms with Crippen LogP contribution >= 0.6 is 0 Å². The van der Waals surface area contributed by atoms with Crippen LogP contribution in [-0.2, 0) is 0 Å². The summed E-state index contributed by atoms with van der Waals surface area (Å²) in [5, 5.41) is 11.9. The predicted molar refractivity (Wildman–Crippen MR) is 67.3 cm³/mol. The van der Waals surface area contributed by atoms with Crippen LogP contribution in [0.4, 0.5) is 20.2 Å². The number of nitrogens with zero attached hydrogens (tertiary/aromatic N) is 1. The zero-order valence-electron chi connectivity index (χ0n) is 10.1. The fraction of sp³-hybridized carbons (Fsp3) is 0.0714. The molecule has 5 heteroatoms. The molecule has 0 amide bonds. The van der Waals surface area contributed by atoms with Gasteiger partial charge in [0.15, 0.2) is 11.6 Å². The summed E-state index contributed by atoms with van der Waals surface area (Å²) < 4.78 is 31.0. The summed E-state index contributed by atoms with van der Waals surface area (Å²) in [6, 6.07) is 10.3. The molecule has 1 N–H and O–H groups in total. The zero-order chi connectivity index (χ0) is 13.8. The van der Waals surface area contributed by atoms with Gasteiger partial charge in [-0.05, 0) is 24.3 Å². The highest BCUT2D eigenvalue weighted by Gasteiger charge is 2.07. The first-order chi connectivity index (χ1) is 9.13. The number of anilines is 2. The lowest BCUT2D eigenvalue weighted by Crippen LogP contribution is -1.96. The Balaban J connectivity index is 2.36. The Morgan fingerprint density at radius 3 is 2.53 bits per heavy atom. The van der Waals surface area contributed by atoms with Gasteiger partial charge in [0.1, 0.15) is 11.8 Å². The highest BCUT2D eigenvalue weighted by Crippen LogP contribution is 2.26. The minimum Gasteiger partial charge on any atom is -0.497 e. The molecule has 0 aliphatic carbocycles. The van der Waals surface area contributed by atoms with E-state index >= 15 is 0 Å². The Bertz CT molecular complexity index is 650. The molecule has 0 spiro atoms. The van der Waals surface area contributed by atoms with Crippen molar-refractivity contribution in [3.8, 4) is 11.8 Å². The van der Waals surface area contributed by atoms with Crippen molar-refractivity contribution in [2.75, 3.05) is 12.4 Å². The standard InChI is InChI=1S/C14H10F2N2O/c1-19-11-4-2-9(8-17)14(7-11)18-10-3-5-12(15)13(16)6-10/h2-7,18H,1H3. The van der Waals surface area contributed by atoms with Gasteiger partial charge >= 0.3 is 0 Å². The van der Waals surface area contributed by atoms with E-state index in [-0.39, 0.29) is 0 Å². The van der Waals surface area contributed by atoms with Crippen LogP contribution in [0.15, 0.2) is 36.4 Å². The minimum atomic E-state index is -0.952. The van der Waals surface area contributed by atoms with Gasteiger partial charge < -0.3 is 10.1 Å². The van der Waals surface area contributed by atoms with Gasteiger partial charge in [0.05, 0.1) is 18.4 Å². The zero-order valence-corrected chi connectivity index (χ0v) is 10.1. The van der Waals surface area contributed by atoms with Crippen LogP contribution in [0.3, 0.4) is 0 Å². The first-order valence-electron chi connectivity index (χ1n) is 5.44. The SMILES string of the molecule is COc1ccc(C#N)c(Nc2ccc(F)c(F)c2)c1. The molecule has 19 heavy (non-hydrogen) atoms. The third-order valence-corrected chi connectivity index (χ3v) is 2.55. The first-order valence-corrected chi connectivity index (χ1v) is 5.44. The van der Waals surface area contributed by atoms with Gasteiger partial charge in [-0.1, -0.05) is 0 Å². The van der Waals surface area contributed by atoms with Gasteiger partial charge in [-0.3, -0.25) is 0 Å². The van der Waals surface area contributed by atoms with Crippen molar-refractivity contribution in [1.82, 2.24) is 0 Å². The molecular formula is C14H10F2N2O. The van der Waals surface area contributed by atoms with Crippen molar-refractivity contribution in [1.29, 1.82) is 5.26 Å². The maximum Gasteiger partial charge on any atom is 0.160 e. The number of nitriles is 1. The summed E-state index contributed by atoms with van der Waals surface area (Å²) in [5.74, 6) is -1.31. The predicted octanol–water partition coefficient (Wildman–Crippen LogP) is 3.59. The van der Waals surface area contributed by atoms with E-state index < -0.39 is 11.6 Å². The minimum absolute atomic E-state index is 0.351. The number of rotatable bonds is 3. The maximum atomic E-state index is 13.1. The fourth-order valence-electron chi connectivity index (χ4n) is 1.58. The van der Waals surface area contributed by atoms with Gasteiger partial charge in [-0.15, -0.1) is 0 Å². The van der Waals surface area contributed by atoms with Crippen LogP contribution < -0.4 is 10.1 Å². The van der Waals surface area contributed by atoms with Crippen molar-refractivity contribution in [3.05, 3.63) is 53.6 Å². The largest absolute Gasteiger partial charge is 0.497 e. The molecule has 0 unspecified atom stereocenters. The van der Waals surface area contributed by atoms with Crippen molar-refractivity contribution < 1.29 is 13.5 Å². The molecule has 2 aromatic rings. The van der Waals surface area contributed by atoms with Gasteiger partial charge in [0, 0.05) is 17.8 Å². The lowest BCUT2D eigenvalue weighted by atomic mass is 10.1. The number of methoxy groups -OCH3 is 1. The molecule has 0 radical (unpaired) electrons. The number of benzene rings is 2. The van der Waals surface area contributed by atoms with Crippen LogP contribution in [0, 0.1) is 23.0 Å². The molecule has 0 bridgehead atoms. The lowest BCUT2D eigenvalue weighted by molar-refractivity contribution is 0.415. The first kappa shape index (κ1) is 12.8. The van der Waals surface area contributed by atoms with Crippen LogP contribution in [0.25, 0.3) is 0 Å². The van der Waals surface area contributed by atoms with E-state index in [1.165, 1.54) is 13.2 Å². The maximum absolute atomic E-state index is 13.1. The number of halogens is 2. The van der Waals surface area contributed by atoms with Crippen LogP contribution in [0.2, 0.25) is 0 Å². The Labute approximate surface area is 109 Å². The highest BCUT2D eigenvalue weighted by atomic mass is 19.2. The van der Waals surface area contributed by atoms with Crippen LogP contribution in [-0.4, -0.2) is 7.11 Å². The number of ether oxygens (including phenoxy) is 1. The van der Waals surface area contributed by atoms with Crippen molar-refractivity contribution in [2.45, 2.75) is 0 Å². The van der Waals surface area contributed by atoms with Crippen molar-refractivity contribution >= 4 is 11.4 Å². The van der Waals surface area contributed by atoms with E-state index in [4.69, 9.17) is 10.00 Å². The quantitative estimate of drug-likeness (QED) is 0.917. The van der Waals surface area contributed by atoms with Crippen LogP contribution in [0.5, 0.6) is 5.75 Å². The normalized spacial score (nSPS) is 9.79. The summed E-state index contributed by atoms with van der Waals surface area (Å²) in [4.78, 5) is 0. The summed E-state index contributed by atoms with van der Waals surface area (Å²) in [6.45, 7) is 0. The summed E-state index contributed by atoms with van der Waals surface area (Å²) in [6.07, 6.45) is 0. The Kier molecular flexibility index (Phi) is 3.62. The Morgan fingerprint density at radius 1 is 1.11 bits per heavy atom. The van der Waals surface area contributed by atoms with E-state index in [0.717, 1.165) is 12.1 Å². The third kappa shape index (κ3) is 2.80. The Hall–Kier alpha value is -2.61. The highest BCUT2D eigenvalue weighted by molar-refractivity contribution is 5.68. The molecule has 3 nitrogen and oxygen atoms in total. The van der Waals surface area contributed by atoms with E-state index in [2.05, 4.69) is 5.32 Å². The second-order valence-electron chi connectivity index (χ2n) is 3.78. The molecule has 0 heterocycles.